The predicted molar refractivity (Wildman–Crippen MR) is 219 cm³/mol. The van der Waals surface area contributed by atoms with Gasteiger partial charge in [0, 0.05) is 57.0 Å². The third-order valence-electron chi connectivity index (χ3n) is 8.71. The maximum absolute atomic E-state index is 12.1. The van der Waals surface area contributed by atoms with Gasteiger partial charge in [0.1, 0.15) is 0 Å². The molecule has 2 radical (unpaired) electrons. The van der Waals surface area contributed by atoms with Crippen molar-refractivity contribution in [1.82, 2.24) is 0 Å². The van der Waals surface area contributed by atoms with Crippen LogP contribution < -0.4 is 0 Å². The van der Waals surface area contributed by atoms with Crippen molar-refractivity contribution in [2.75, 3.05) is 13.2 Å². The first-order valence-electron chi connectivity index (χ1n) is 18.9. The molecular formula is C36H71Br4CaO4P. The second-order valence-corrected chi connectivity index (χ2v) is 19.3. The first-order valence-corrected chi connectivity index (χ1v) is 24.1. The Kier molecular flexibility index (Phi) is 42.5. The van der Waals surface area contributed by atoms with Gasteiger partial charge in [0.25, 0.3) is 0 Å². The van der Waals surface area contributed by atoms with Crippen LogP contribution in [0.2, 0.25) is 0 Å². The Morgan fingerprint density at radius 2 is 0.652 bits per heavy atom. The van der Waals surface area contributed by atoms with E-state index in [2.05, 4.69) is 77.6 Å². The molecule has 1 N–H and O–H groups in total. The Labute approximate surface area is 350 Å². The summed E-state index contributed by atoms with van der Waals surface area (Å²) in [5, 5.41) is 0. The normalized spacial score (nSPS) is 15.6. The summed E-state index contributed by atoms with van der Waals surface area (Å²) >= 11 is 15.6. The summed E-state index contributed by atoms with van der Waals surface area (Å²) in [7, 11) is -3.92. The molecule has 10 heteroatoms. The van der Waals surface area contributed by atoms with Crippen molar-refractivity contribution in [2.24, 2.45) is 0 Å². The molecule has 0 saturated carbocycles. The third-order valence-corrected chi connectivity index (χ3v) is 15.5. The van der Waals surface area contributed by atoms with E-state index in [0.29, 0.717) is 32.5 Å². The van der Waals surface area contributed by atoms with E-state index in [-0.39, 0.29) is 37.7 Å². The van der Waals surface area contributed by atoms with Gasteiger partial charge in [-0.05, 0) is 38.5 Å². The number of halogens is 4. The van der Waals surface area contributed by atoms with E-state index < -0.39 is 7.82 Å². The van der Waals surface area contributed by atoms with Gasteiger partial charge >= 0.3 is 7.82 Å². The zero-order valence-corrected chi connectivity index (χ0v) is 39.3. The molecule has 0 aromatic rings. The van der Waals surface area contributed by atoms with Crippen LogP contribution in [0.1, 0.15) is 194 Å². The van der Waals surface area contributed by atoms with Gasteiger partial charge in [0.2, 0.25) is 0 Å². The number of hydrogen-bond acceptors (Lipinski definition) is 3. The van der Waals surface area contributed by atoms with E-state index >= 15 is 0 Å². The first kappa shape index (κ1) is 51.4. The van der Waals surface area contributed by atoms with Crippen LogP contribution in [-0.4, -0.2) is 75.2 Å². The Bertz CT molecular complexity index is 617. The first-order chi connectivity index (χ1) is 21.7. The van der Waals surface area contributed by atoms with Crippen LogP contribution in [0.3, 0.4) is 0 Å². The van der Waals surface area contributed by atoms with Crippen molar-refractivity contribution >= 4 is 109 Å². The maximum Gasteiger partial charge on any atom is 0.472 e. The molecule has 0 fully saturated rings. The summed E-state index contributed by atoms with van der Waals surface area (Å²) < 4.78 is 22.5. The minimum Gasteiger partial charge on any atom is -0.302 e. The molecule has 0 saturated heterocycles. The number of unbranched alkanes of at least 4 members (excludes halogenated alkanes) is 20. The number of phosphoric ester groups is 1. The quantitative estimate of drug-likeness (QED) is 0.0294. The minimum absolute atomic E-state index is 0. The molecule has 0 aromatic carbocycles. The van der Waals surface area contributed by atoms with Gasteiger partial charge in [-0.1, -0.05) is 219 Å². The third kappa shape index (κ3) is 35.7. The summed E-state index contributed by atoms with van der Waals surface area (Å²) in [6, 6.07) is 0. The van der Waals surface area contributed by atoms with Crippen molar-refractivity contribution in [2.45, 2.75) is 213 Å². The van der Waals surface area contributed by atoms with Gasteiger partial charge in [0.05, 0.1) is 13.2 Å². The number of phosphoric acid groups is 1. The average molecular weight is 959 g/mol. The van der Waals surface area contributed by atoms with Crippen LogP contribution in [-0.2, 0) is 13.6 Å². The summed E-state index contributed by atoms with van der Waals surface area (Å²) in [6.45, 7) is 5.13. The topological polar surface area (TPSA) is 55.8 Å². The summed E-state index contributed by atoms with van der Waals surface area (Å²) in [6.07, 6.45) is 34.6. The van der Waals surface area contributed by atoms with Gasteiger partial charge in [0.15, 0.2) is 0 Å². The van der Waals surface area contributed by atoms with E-state index in [4.69, 9.17) is 9.05 Å². The van der Waals surface area contributed by atoms with Gasteiger partial charge in [-0.15, -0.1) is 0 Å². The van der Waals surface area contributed by atoms with Gasteiger partial charge in [-0.25, -0.2) is 4.57 Å². The molecule has 4 nitrogen and oxygen atoms in total. The fourth-order valence-corrected chi connectivity index (χ4v) is 8.80. The zero-order valence-electron chi connectivity index (χ0n) is 29.9. The summed E-state index contributed by atoms with van der Waals surface area (Å²) in [4.78, 5) is 12.2. The van der Waals surface area contributed by atoms with Crippen molar-refractivity contribution in [3.05, 3.63) is 0 Å². The molecule has 0 aliphatic carbocycles. The number of alkyl halides is 4. The SMILES string of the molecule is CCCCCCCCC(Br)C(Br)CCCCCCCCOP(=O)(O)OCCCCCCCCC(Br)C(Br)CCCCCCCC.[Ca]. The van der Waals surface area contributed by atoms with Crippen molar-refractivity contribution in [3.8, 4) is 0 Å². The average Bonchev–Trinajstić information content (AvgIpc) is 3.02. The number of rotatable bonds is 36. The minimum atomic E-state index is -3.92. The molecule has 0 aliphatic rings. The smallest absolute Gasteiger partial charge is 0.302 e. The fourth-order valence-electron chi connectivity index (χ4n) is 5.66. The zero-order chi connectivity index (χ0) is 33.4. The molecule has 0 aliphatic heterocycles. The molecule has 4 unspecified atom stereocenters. The molecular weight excluding hydrogens is 887 g/mol. The van der Waals surface area contributed by atoms with Crippen LogP contribution in [0.25, 0.3) is 0 Å². The standard InChI is InChI=1S/C36H71Br4O4P.Ca/c1-3-5-7-9-15-21-27-33(37)35(39)29-23-17-11-13-19-25-31-43-45(41,42)44-32-26-20-14-12-18-24-30-36(40)34(38)28-22-16-10-8-6-4-2;/h33-36H,3-32H2,1-2H3,(H,41,42);. The van der Waals surface area contributed by atoms with Crippen LogP contribution >= 0.6 is 71.5 Å². The maximum atomic E-state index is 12.1. The van der Waals surface area contributed by atoms with E-state index in [1.807, 2.05) is 0 Å². The molecule has 4 atom stereocenters. The fraction of sp³-hybridized carbons (Fsp3) is 1.00. The van der Waals surface area contributed by atoms with E-state index in [1.165, 1.54) is 141 Å². The Hall–Kier alpha value is 3.29. The molecule has 0 aromatic heterocycles. The Morgan fingerprint density at radius 1 is 0.435 bits per heavy atom. The van der Waals surface area contributed by atoms with Crippen LogP contribution in [0.15, 0.2) is 0 Å². The Morgan fingerprint density at radius 3 is 0.913 bits per heavy atom. The van der Waals surface area contributed by atoms with E-state index in [9.17, 15) is 9.46 Å². The molecule has 0 bridgehead atoms. The summed E-state index contributed by atoms with van der Waals surface area (Å²) in [5.74, 6) is 0. The van der Waals surface area contributed by atoms with Gasteiger partial charge < -0.3 is 4.89 Å². The van der Waals surface area contributed by atoms with E-state index in [0.717, 1.165) is 38.5 Å². The largest absolute Gasteiger partial charge is 0.472 e. The molecule has 0 spiro atoms. The molecule has 46 heavy (non-hydrogen) atoms. The Balaban J connectivity index is 0. The van der Waals surface area contributed by atoms with Crippen LogP contribution in [0.4, 0.5) is 0 Å². The molecule has 274 valence electrons. The molecule has 0 rings (SSSR count). The van der Waals surface area contributed by atoms with Crippen LogP contribution in [0, 0.1) is 0 Å². The van der Waals surface area contributed by atoms with Crippen molar-refractivity contribution < 1.29 is 18.5 Å². The van der Waals surface area contributed by atoms with E-state index in [1.54, 1.807) is 0 Å². The second-order valence-electron chi connectivity index (χ2n) is 13.1. The van der Waals surface area contributed by atoms with Gasteiger partial charge in [-0.3, -0.25) is 9.05 Å². The van der Waals surface area contributed by atoms with Crippen LogP contribution in [0.5, 0.6) is 0 Å². The monoisotopic (exact) mass is 954 g/mol. The second kappa shape index (κ2) is 38.0. The summed E-state index contributed by atoms with van der Waals surface area (Å²) in [5.41, 5.74) is 0. The van der Waals surface area contributed by atoms with Gasteiger partial charge in [-0.2, -0.15) is 0 Å². The predicted octanol–water partition coefficient (Wildman–Crippen LogP) is 14.8. The number of hydrogen-bond donors (Lipinski definition) is 1. The molecule has 0 amide bonds. The van der Waals surface area contributed by atoms with Crippen molar-refractivity contribution in [3.63, 3.8) is 0 Å². The molecule has 0 heterocycles. The van der Waals surface area contributed by atoms with Crippen molar-refractivity contribution in [1.29, 1.82) is 0 Å².